The molecule has 0 atom stereocenters. The molecule has 0 unspecified atom stereocenters. The van der Waals surface area contributed by atoms with Crippen molar-refractivity contribution in [3.05, 3.63) is 57.1 Å². The Morgan fingerprint density at radius 3 is 2.19 bits per heavy atom. The largest absolute Gasteiger partial charge is 0.276 e. The summed E-state index contributed by atoms with van der Waals surface area (Å²) >= 11 is 3.42. The highest BCUT2D eigenvalue weighted by Gasteiger charge is 2.26. The Balaban J connectivity index is 1.94. The standard InChI is InChI=1S/C18H22BrN5O2S/c1-11-17(22-27(25,26)18-12(2)20-23(5)14(18)4)13(3)24(21-11)10-15-6-8-16(19)9-7-15/h6-9,22H,10H2,1-5H3. The first-order valence-corrected chi connectivity index (χ1v) is 10.7. The van der Waals surface area contributed by atoms with Crippen LogP contribution in [0, 0.1) is 27.7 Å². The third kappa shape index (κ3) is 3.79. The molecule has 0 saturated heterocycles. The molecular weight excluding hydrogens is 430 g/mol. The van der Waals surface area contributed by atoms with E-state index < -0.39 is 10.0 Å². The van der Waals surface area contributed by atoms with Gasteiger partial charge in [-0.2, -0.15) is 10.2 Å². The minimum atomic E-state index is -3.76. The number of nitrogens with zero attached hydrogens (tertiary/aromatic N) is 4. The third-order valence-corrected chi connectivity index (χ3v) is 6.70. The average Bonchev–Trinajstić information content (AvgIpc) is 2.99. The summed E-state index contributed by atoms with van der Waals surface area (Å²) in [5.74, 6) is 0. The molecule has 3 rings (SSSR count). The lowest BCUT2D eigenvalue weighted by Crippen LogP contribution is -2.16. The molecule has 3 aromatic rings. The van der Waals surface area contributed by atoms with Crippen molar-refractivity contribution in [3.63, 3.8) is 0 Å². The smallest absolute Gasteiger partial charge is 0.265 e. The summed E-state index contributed by atoms with van der Waals surface area (Å²) in [5, 5.41) is 8.72. The molecule has 1 aromatic carbocycles. The fourth-order valence-electron chi connectivity index (χ4n) is 3.09. The summed E-state index contributed by atoms with van der Waals surface area (Å²) in [6.07, 6.45) is 0. The predicted octanol–water partition coefficient (Wildman–Crippen LogP) is 3.46. The first kappa shape index (κ1) is 19.6. The van der Waals surface area contributed by atoms with E-state index in [1.807, 2.05) is 31.2 Å². The molecule has 1 N–H and O–H groups in total. The van der Waals surface area contributed by atoms with Gasteiger partial charge in [0.1, 0.15) is 4.90 Å². The third-order valence-electron chi connectivity index (χ3n) is 4.57. The molecule has 0 aliphatic rings. The second-order valence-corrected chi connectivity index (χ2v) is 9.09. The zero-order valence-electron chi connectivity index (χ0n) is 15.9. The predicted molar refractivity (Wildman–Crippen MR) is 108 cm³/mol. The summed E-state index contributed by atoms with van der Waals surface area (Å²) in [6.45, 7) is 7.65. The highest BCUT2D eigenvalue weighted by molar-refractivity contribution is 9.10. The second kappa shape index (κ2) is 7.12. The van der Waals surface area contributed by atoms with Crippen LogP contribution in [0.15, 0.2) is 33.6 Å². The van der Waals surface area contributed by atoms with E-state index in [4.69, 9.17) is 0 Å². The lowest BCUT2D eigenvalue weighted by molar-refractivity contribution is 0.599. The second-order valence-electron chi connectivity index (χ2n) is 6.56. The van der Waals surface area contributed by atoms with Crippen LogP contribution in [0.1, 0.15) is 28.3 Å². The SMILES string of the molecule is Cc1nn(Cc2ccc(Br)cc2)c(C)c1NS(=O)(=O)c1c(C)nn(C)c1C. The number of hydrogen-bond acceptors (Lipinski definition) is 4. The fraction of sp³-hybridized carbons (Fsp3) is 0.333. The normalized spacial score (nSPS) is 11.8. The summed E-state index contributed by atoms with van der Waals surface area (Å²) in [7, 11) is -2.03. The number of sulfonamides is 1. The van der Waals surface area contributed by atoms with Crippen LogP contribution in [0.3, 0.4) is 0 Å². The summed E-state index contributed by atoms with van der Waals surface area (Å²) in [6, 6.07) is 7.96. The molecule has 0 fully saturated rings. The minimum Gasteiger partial charge on any atom is -0.276 e. The van der Waals surface area contributed by atoms with E-state index in [-0.39, 0.29) is 4.90 Å². The van der Waals surface area contributed by atoms with Gasteiger partial charge in [-0.25, -0.2) is 8.42 Å². The van der Waals surface area contributed by atoms with E-state index in [0.29, 0.717) is 29.3 Å². The van der Waals surface area contributed by atoms with Crippen LogP contribution in [0.5, 0.6) is 0 Å². The molecule has 0 aliphatic carbocycles. The van der Waals surface area contributed by atoms with Gasteiger partial charge in [0.05, 0.1) is 35.0 Å². The van der Waals surface area contributed by atoms with E-state index in [2.05, 4.69) is 30.8 Å². The first-order chi connectivity index (χ1) is 12.6. The van der Waals surface area contributed by atoms with Crippen molar-refractivity contribution in [1.29, 1.82) is 0 Å². The molecule has 144 valence electrons. The van der Waals surface area contributed by atoms with Crippen LogP contribution in [-0.4, -0.2) is 28.0 Å². The number of nitrogens with one attached hydrogen (secondary N) is 1. The molecule has 0 bridgehead atoms. The number of anilines is 1. The number of benzene rings is 1. The van der Waals surface area contributed by atoms with E-state index in [0.717, 1.165) is 15.7 Å². The van der Waals surface area contributed by atoms with E-state index in [9.17, 15) is 8.42 Å². The van der Waals surface area contributed by atoms with Gasteiger partial charge in [0.2, 0.25) is 0 Å². The molecule has 0 saturated carbocycles. The van der Waals surface area contributed by atoms with Gasteiger partial charge in [0, 0.05) is 11.5 Å². The van der Waals surface area contributed by atoms with Gasteiger partial charge in [0.25, 0.3) is 10.0 Å². The molecule has 27 heavy (non-hydrogen) atoms. The van der Waals surface area contributed by atoms with Crippen LogP contribution in [0.2, 0.25) is 0 Å². The monoisotopic (exact) mass is 451 g/mol. The Morgan fingerprint density at radius 1 is 1.00 bits per heavy atom. The summed E-state index contributed by atoms with van der Waals surface area (Å²) < 4.78 is 33.0. The lowest BCUT2D eigenvalue weighted by Gasteiger charge is -2.10. The van der Waals surface area contributed by atoms with Crippen LogP contribution in [0.4, 0.5) is 5.69 Å². The molecule has 2 heterocycles. The molecule has 0 radical (unpaired) electrons. The number of hydrogen-bond donors (Lipinski definition) is 1. The lowest BCUT2D eigenvalue weighted by atomic mass is 10.2. The first-order valence-electron chi connectivity index (χ1n) is 8.41. The number of aromatic nitrogens is 4. The van der Waals surface area contributed by atoms with Gasteiger partial charge in [0.15, 0.2) is 0 Å². The van der Waals surface area contributed by atoms with Crippen LogP contribution in [0.25, 0.3) is 0 Å². The van der Waals surface area contributed by atoms with Gasteiger partial charge >= 0.3 is 0 Å². The summed E-state index contributed by atoms with van der Waals surface area (Å²) in [4.78, 5) is 0.212. The molecule has 9 heteroatoms. The zero-order chi connectivity index (χ0) is 19.9. The number of halogens is 1. The topological polar surface area (TPSA) is 81.8 Å². The molecule has 0 aliphatic heterocycles. The van der Waals surface area contributed by atoms with Crippen molar-refractivity contribution >= 4 is 31.6 Å². The quantitative estimate of drug-likeness (QED) is 0.643. The van der Waals surface area contributed by atoms with Gasteiger partial charge in [-0.1, -0.05) is 28.1 Å². The van der Waals surface area contributed by atoms with Gasteiger partial charge in [-0.3, -0.25) is 14.1 Å². The van der Waals surface area contributed by atoms with Gasteiger partial charge in [-0.15, -0.1) is 0 Å². The molecule has 2 aromatic heterocycles. The van der Waals surface area contributed by atoms with Crippen molar-refractivity contribution in [2.24, 2.45) is 7.05 Å². The fourth-order valence-corrected chi connectivity index (χ4v) is 4.97. The maximum atomic E-state index is 13.0. The van der Waals surface area contributed by atoms with Crippen LogP contribution >= 0.6 is 15.9 Å². The van der Waals surface area contributed by atoms with Crippen molar-refractivity contribution in [2.75, 3.05) is 4.72 Å². The van der Waals surface area contributed by atoms with Gasteiger partial charge in [-0.05, 0) is 45.4 Å². The Morgan fingerprint density at radius 2 is 1.63 bits per heavy atom. The van der Waals surface area contributed by atoms with Crippen molar-refractivity contribution in [2.45, 2.75) is 39.1 Å². The Kier molecular flexibility index (Phi) is 5.18. The van der Waals surface area contributed by atoms with Crippen LogP contribution in [-0.2, 0) is 23.6 Å². The van der Waals surface area contributed by atoms with Gasteiger partial charge < -0.3 is 0 Å². The molecule has 7 nitrogen and oxygen atoms in total. The molecule has 0 spiro atoms. The van der Waals surface area contributed by atoms with E-state index in [1.165, 1.54) is 0 Å². The Bertz CT molecular complexity index is 1100. The minimum absolute atomic E-state index is 0.212. The maximum absolute atomic E-state index is 13.0. The Labute approximate surface area is 167 Å². The number of rotatable bonds is 5. The van der Waals surface area contributed by atoms with Crippen LogP contribution < -0.4 is 4.72 Å². The maximum Gasteiger partial charge on any atom is 0.265 e. The highest BCUT2D eigenvalue weighted by atomic mass is 79.9. The summed E-state index contributed by atoms with van der Waals surface area (Å²) in [5.41, 5.74) is 4.05. The number of aryl methyl sites for hydroxylation is 3. The van der Waals surface area contributed by atoms with E-state index >= 15 is 0 Å². The van der Waals surface area contributed by atoms with E-state index in [1.54, 1.807) is 37.2 Å². The van der Waals surface area contributed by atoms with Crippen molar-refractivity contribution < 1.29 is 8.42 Å². The zero-order valence-corrected chi connectivity index (χ0v) is 18.3. The van der Waals surface area contributed by atoms with Crippen molar-refractivity contribution in [1.82, 2.24) is 19.6 Å². The average molecular weight is 452 g/mol. The highest BCUT2D eigenvalue weighted by Crippen LogP contribution is 2.26. The molecule has 0 amide bonds. The molecular formula is C18H22BrN5O2S. The van der Waals surface area contributed by atoms with Crippen molar-refractivity contribution in [3.8, 4) is 0 Å². The Hall–Kier alpha value is -2.13.